The van der Waals surface area contributed by atoms with E-state index in [1.807, 2.05) is 0 Å². The van der Waals surface area contributed by atoms with E-state index in [2.05, 4.69) is 20.8 Å². The van der Waals surface area contributed by atoms with Gasteiger partial charge in [0.25, 0.3) is 0 Å². The lowest BCUT2D eigenvalue weighted by atomic mass is 10.0. The highest BCUT2D eigenvalue weighted by molar-refractivity contribution is 5.69. The number of ether oxygens (including phenoxy) is 1. The average Bonchev–Trinajstić information content (AvgIpc) is 2.79. The second kappa shape index (κ2) is 27.7. The summed E-state index contributed by atoms with van der Waals surface area (Å²) in [6.07, 6.45) is 32.8. The number of hydrogen-bond donors (Lipinski definition) is 0. The van der Waals surface area contributed by atoms with Crippen LogP contribution in [0.1, 0.15) is 181 Å². The van der Waals surface area contributed by atoms with Gasteiger partial charge >= 0.3 is 5.97 Å². The Bertz CT molecular complexity index is 377. The zero-order valence-corrected chi connectivity index (χ0v) is 23.3. The molecule has 0 unspecified atom stereocenters. The van der Waals surface area contributed by atoms with Gasteiger partial charge in [0, 0.05) is 6.42 Å². The maximum Gasteiger partial charge on any atom is 0.305 e. The summed E-state index contributed by atoms with van der Waals surface area (Å²) >= 11 is 0. The molecule has 0 rings (SSSR count). The predicted octanol–water partition coefficient (Wildman–Crippen LogP) is 11.0. The van der Waals surface area contributed by atoms with Crippen LogP contribution < -0.4 is 0 Å². The molecule has 0 aliphatic heterocycles. The highest BCUT2D eigenvalue weighted by Crippen LogP contribution is 2.15. The fraction of sp³-hybridized carbons (Fsp3) is 0.968. The van der Waals surface area contributed by atoms with Crippen LogP contribution in [0.15, 0.2) is 0 Å². The lowest BCUT2D eigenvalue weighted by Gasteiger charge is -2.06. The van der Waals surface area contributed by atoms with Crippen molar-refractivity contribution in [3.8, 4) is 0 Å². The van der Waals surface area contributed by atoms with Crippen LogP contribution in [-0.2, 0) is 9.53 Å². The van der Waals surface area contributed by atoms with Gasteiger partial charge in [-0.2, -0.15) is 0 Å². The van der Waals surface area contributed by atoms with Gasteiger partial charge in [0.05, 0.1) is 6.61 Å². The van der Waals surface area contributed by atoms with Crippen molar-refractivity contribution in [1.29, 1.82) is 0 Å². The summed E-state index contributed by atoms with van der Waals surface area (Å²) in [6, 6.07) is 0. The maximum atomic E-state index is 11.8. The lowest BCUT2D eigenvalue weighted by Crippen LogP contribution is -2.05. The van der Waals surface area contributed by atoms with Crippen molar-refractivity contribution in [1.82, 2.24) is 0 Å². The molecular formula is C31H62O2. The molecule has 0 aliphatic rings. The monoisotopic (exact) mass is 466 g/mol. The Hall–Kier alpha value is -0.530. The summed E-state index contributed by atoms with van der Waals surface area (Å²) in [7, 11) is 0. The fourth-order valence-electron chi connectivity index (χ4n) is 4.61. The first kappa shape index (κ1) is 32.5. The summed E-state index contributed by atoms with van der Waals surface area (Å²) in [4.78, 5) is 11.8. The van der Waals surface area contributed by atoms with E-state index in [0.29, 0.717) is 13.0 Å². The molecule has 0 N–H and O–H groups in total. The van der Waals surface area contributed by atoms with Gasteiger partial charge in [-0.3, -0.25) is 4.79 Å². The second-order valence-electron chi connectivity index (χ2n) is 10.9. The molecule has 0 bridgehead atoms. The molecule has 0 heterocycles. The molecule has 198 valence electrons. The smallest absolute Gasteiger partial charge is 0.305 e. The zero-order chi connectivity index (χ0) is 24.2. The fourth-order valence-corrected chi connectivity index (χ4v) is 4.61. The van der Waals surface area contributed by atoms with Gasteiger partial charge in [0.1, 0.15) is 0 Å². The molecule has 0 aromatic heterocycles. The third-order valence-corrected chi connectivity index (χ3v) is 6.92. The van der Waals surface area contributed by atoms with Crippen molar-refractivity contribution >= 4 is 5.97 Å². The Balaban J connectivity index is 3.13. The Kier molecular flexibility index (Phi) is 27.3. The number of esters is 1. The molecule has 0 aliphatic carbocycles. The number of carbonyl (C=O) groups excluding carboxylic acids is 1. The number of unbranched alkanes of at least 4 members (excludes halogenated alkanes) is 21. The minimum absolute atomic E-state index is 0.0218. The Morgan fingerprint density at radius 1 is 0.515 bits per heavy atom. The van der Waals surface area contributed by atoms with Crippen LogP contribution >= 0.6 is 0 Å². The molecule has 0 saturated heterocycles. The van der Waals surface area contributed by atoms with Crippen LogP contribution in [0.4, 0.5) is 0 Å². The molecule has 2 nitrogen and oxygen atoms in total. The van der Waals surface area contributed by atoms with Crippen LogP contribution in [0.25, 0.3) is 0 Å². The van der Waals surface area contributed by atoms with Crippen LogP contribution in [0.2, 0.25) is 0 Å². The van der Waals surface area contributed by atoms with E-state index in [9.17, 15) is 4.79 Å². The van der Waals surface area contributed by atoms with Crippen molar-refractivity contribution in [3.05, 3.63) is 0 Å². The van der Waals surface area contributed by atoms with E-state index in [4.69, 9.17) is 4.74 Å². The Labute approximate surface area is 209 Å². The van der Waals surface area contributed by atoms with Crippen molar-refractivity contribution in [2.45, 2.75) is 181 Å². The van der Waals surface area contributed by atoms with Crippen molar-refractivity contribution in [2.75, 3.05) is 6.61 Å². The van der Waals surface area contributed by atoms with Crippen LogP contribution in [0.5, 0.6) is 0 Å². The minimum atomic E-state index is 0.0218. The van der Waals surface area contributed by atoms with Gasteiger partial charge in [-0.05, 0) is 18.8 Å². The number of hydrogen-bond acceptors (Lipinski definition) is 2. The predicted molar refractivity (Wildman–Crippen MR) is 147 cm³/mol. The van der Waals surface area contributed by atoms with Crippen LogP contribution in [0, 0.1) is 5.92 Å². The molecule has 0 spiro atoms. The summed E-state index contributed by atoms with van der Waals surface area (Å²) in [5, 5.41) is 0. The molecule has 0 fully saturated rings. The van der Waals surface area contributed by atoms with E-state index >= 15 is 0 Å². The van der Waals surface area contributed by atoms with Crippen molar-refractivity contribution < 1.29 is 9.53 Å². The normalized spacial score (nSPS) is 11.4. The summed E-state index contributed by atoms with van der Waals surface area (Å²) in [5.74, 6) is 0.898. The van der Waals surface area contributed by atoms with Crippen LogP contribution in [-0.4, -0.2) is 12.6 Å². The first-order valence-corrected chi connectivity index (χ1v) is 15.3. The SMILES string of the molecule is CCCCCCCCCCCC(=O)OCCCCCCCCCCCCCCCCC(C)C. The largest absolute Gasteiger partial charge is 0.466 e. The molecular weight excluding hydrogens is 404 g/mol. The summed E-state index contributed by atoms with van der Waals surface area (Å²) in [5.41, 5.74) is 0. The van der Waals surface area contributed by atoms with Crippen molar-refractivity contribution in [3.63, 3.8) is 0 Å². The molecule has 33 heavy (non-hydrogen) atoms. The first-order valence-electron chi connectivity index (χ1n) is 15.3. The molecule has 0 amide bonds. The third kappa shape index (κ3) is 29.4. The molecule has 0 aromatic rings. The third-order valence-electron chi connectivity index (χ3n) is 6.92. The standard InChI is InChI=1S/C31H62O2/c1-4-5-6-7-8-15-19-22-25-28-31(32)33-29-26-23-20-17-14-12-10-9-11-13-16-18-21-24-27-30(2)3/h30H,4-29H2,1-3H3. The van der Waals surface area contributed by atoms with E-state index in [0.717, 1.165) is 18.8 Å². The van der Waals surface area contributed by atoms with E-state index < -0.39 is 0 Å². The molecule has 0 aromatic carbocycles. The van der Waals surface area contributed by atoms with Gasteiger partial charge in [-0.25, -0.2) is 0 Å². The van der Waals surface area contributed by atoms with Gasteiger partial charge in [-0.15, -0.1) is 0 Å². The van der Waals surface area contributed by atoms with Gasteiger partial charge in [0.15, 0.2) is 0 Å². The van der Waals surface area contributed by atoms with Gasteiger partial charge in [0.2, 0.25) is 0 Å². The molecule has 0 atom stereocenters. The Morgan fingerprint density at radius 2 is 0.879 bits per heavy atom. The van der Waals surface area contributed by atoms with E-state index in [1.54, 1.807) is 0 Å². The highest BCUT2D eigenvalue weighted by Gasteiger charge is 2.02. The summed E-state index contributed by atoms with van der Waals surface area (Å²) in [6.45, 7) is 7.56. The van der Waals surface area contributed by atoms with Gasteiger partial charge < -0.3 is 4.74 Å². The van der Waals surface area contributed by atoms with Gasteiger partial charge in [-0.1, -0.05) is 162 Å². The van der Waals surface area contributed by atoms with E-state index in [1.165, 1.54) is 141 Å². The number of rotatable bonds is 27. The second-order valence-corrected chi connectivity index (χ2v) is 10.9. The molecule has 2 heteroatoms. The lowest BCUT2D eigenvalue weighted by molar-refractivity contribution is -0.143. The number of carbonyl (C=O) groups is 1. The molecule has 0 radical (unpaired) electrons. The molecule has 0 saturated carbocycles. The topological polar surface area (TPSA) is 26.3 Å². The van der Waals surface area contributed by atoms with Crippen LogP contribution in [0.3, 0.4) is 0 Å². The van der Waals surface area contributed by atoms with E-state index in [-0.39, 0.29) is 5.97 Å². The minimum Gasteiger partial charge on any atom is -0.466 e. The summed E-state index contributed by atoms with van der Waals surface area (Å²) < 4.78 is 5.40. The highest BCUT2D eigenvalue weighted by atomic mass is 16.5. The van der Waals surface area contributed by atoms with Crippen molar-refractivity contribution in [2.24, 2.45) is 5.92 Å². The zero-order valence-electron chi connectivity index (χ0n) is 23.3. The maximum absolute atomic E-state index is 11.8. The first-order chi connectivity index (χ1) is 16.2. The quantitative estimate of drug-likeness (QED) is 0.0888. The Morgan fingerprint density at radius 3 is 1.30 bits per heavy atom. The average molecular weight is 467 g/mol.